The smallest absolute Gasteiger partial charge is 0.315 e. The number of hydrogen-bond acceptors (Lipinski definition) is 4. The molecule has 2 aliphatic rings. The van der Waals surface area contributed by atoms with Crippen molar-refractivity contribution in [2.24, 2.45) is 0 Å². The SMILES string of the molecule is COc1cccc(CCNC(=O)NCc2c3c(cc4c2OCC4)OCC3)c1. The summed E-state index contributed by atoms with van der Waals surface area (Å²) in [5, 5.41) is 5.87. The topological polar surface area (TPSA) is 68.8 Å². The quantitative estimate of drug-likeness (QED) is 0.822. The summed E-state index contributed by atoms with van der Waals surface area (Å²) in [6, 6.07) is 9.77. The Bertz CT molecular complexity index is 818. The zero-order chi connectivity index (χ0) is 18.6. The Morgan fingerprint density at radius 3 is 2.93 bits per heavy atom. The zero-order valence-electron chi connectivity index (χ0n) is 15.5. The lowest BCUT2D eigenvalue weighted by Crippen LogP contribution is -2.36. The largest absolute Gasteiger partial charge is 0.497 e. The first-order chi connectivity index (χ1) is 13.2. The first kappa shape index (κ1) is 17.5. The molecule has 0 radical (unpaired) electrons. The minimum atomic E-state index is -0.179. The fourth-order valence-corrected chi connectivity index (χ4v) is 3.65. The number of amides is 2. The Hall–Kier alpha value is -2.89. The van der Waals surface area contributed by atoms with Crippen LogP contribution in [0.2, 0.25) is 0 Å². The molecule has 0 saturated heterocycles. The van der Waals surface area contributed by atoms with Gasteiger partial charge in [0, 0.05) is 42.6 Å². The van der Waals surface area contributed by atoms with Crippen LogP contribution in [0.4, 0.5) is 4.79 Å². The van der Waals surface area contributed by atoms with Crippen molar-refractivity contribution < 1.29 is 19.0 Å². The first-order valence-electron chi connectivity index (χ1n) is 9.32. The average Bonchev–Trinajstić information content (AvgIpc) is 3.34. The maximum atomic E-state index is 12.2. The van der Waals surface area contributed by atoms with E-state index in [1.165, 1.54) is 5.56 Å². The van der Waals surface area contributed by atoms with Crippen LogP contribution >= 0.6 is 0 Å². The normalized spacial score (nSPS) is 14.0. The highest BCUT2D eigenvalue weighted by Gasteiger charge is 2.26. The van der Waals surface area contributed by atoms with Gasteiger partial charge < -0.3 is 24.8 Å². The minimum absolute atomic E-state index is 0.179. The van der Waals surface area contributed by atoms with Gasteiger partial charge in [-0.05, 0) is 30.2 Å². The van der Waals surface area contributed by atoms with Crippen molar-refractivity contribution >= 4 is 6.03 Å². The molecule has 0 saturated carbocycles. The van der Waals surface area contributed by atoms with Crippen LogP contribution in [0, 0.1) is 0 Å². The number of carbonyl (C=O) groups is 1. The summed E-state index contributed by atoms with van der Waals surface area (Å²) in [7, 11) is 1.65. The van der Waals surface area contributed by atoms with E-state index in [4.69, 9.17) is 14.2 Å². The zero-order valence-corrected chi connectivity index (χ0v) is 15.5. The van der Waals surface area contributed by atoms with Crippen LogP contribution in [0.25, 0.3) is 0 Å². The molecule has 2 aromatic rings. The molecule has 2 aliphatic heterocycles. The first-order valence-corrected chi connectivity index (χ1v) is 9.32. The third-order valence-electron chi connectivity index (χ3n) is 5.02. The van der Waals surface area contributed by atoms with Crippen molar-refractivity contribution in [2.75, 3.05) is 26.9 Å². The van der Waals surface area contributed by atoms with E-state index in [0.717, 1.165) is 53.2 Å². The molecule has 142 valence electrons. The summed E-state index contributed by atoms with van der Waals surface area (Å²) in [5.41, 5.74) is 4.51. The van der Waals surface area contributed by atoms with E-state index in [-0.39, 0.29) is 6.03 Å². The molecule has 0 aliphatic carbocycles. The number of hydrogen-bond donors (Lipinski definition) is 2. The van der Waals surface area contributed by atoms with Gasteiger partial charge >= 0.3 is 6.03 Å². The molecule has 2 N–H and O–H groups in total. The molecular weight excluding hydrogens is 344 g/mol. The van der Waals surface area contributed by atoms with E-state index in [1.807, 2.05) is 24.3 Å². The van der Waals surface area contributed by atoms with Crippen LogP contribution in [0.1, 0.15) is 22.3 Å². The summed E-state index contributed by atoms with van der Waals surface area (Å²) in [4.78, 5) is 12.2. The Labute approximate surface area is 158 Å². The van der Waals surface area contributed by atoms with E-state index in [0.29, 0.717) is 26.3 Å². The monoisotopic (exact) mass is 368 g/mol. The predicted molar refractivity (Wildman–Crippen MR) is 102 cm³/mol. The molecular formula is C21H24N2O4. The fraction of sp³-hybridized carbons (Fsp3) is 0.381. The number of rotatable bonds is 6. The molecule has 6 heteroatoms. The van der Waals surface area contributed by atoms with Gasteiger partial charge in [0.2, 0.25) is 0 Å². The lowest BCUT2D eigenvalue weighted by Gasteiger charge is -2.14. The molecule has 0 spiro atoms. The second-order valence-corrected chi connectivity index (χ2v) is 6.73. The van der Waals surface area contributed by atoms with Gasteiger partial charge in [-0.15, -0.1) is 0 Å². The van der Waals surface area contributed by atoms with Gasteiger partial charge in [0.05, 0.1) is 20.3 Å². The lowest BCUT2D eigenvalue weighted by molar-refractivity contribution is 0.240. The van der Waals surface area contributed by atoms with Gasteiger partial charge in [-0.3, -0.25) is 0 Å². The summed E-state index contributed by atoms with van der Waals surface area (Å²) in [6.45, 7) is 2.39. The van der Waals surface area contributed by atoms with Gasteiger partial charge in [-0.1, -0.05) is 12.1 Å². The van der Waals surface area contributed by atoms with Crippen molar-refractivity contribution in [3.63, 3.8) is 0 Å². The second-order valence-electron chi connectivity index (χ2n) is 6.73. The minimum Gasteiger partial charge on any atom is -0.497 e. The lowest BCUT2D eigenvalue weighted by atomic mass is 9.99. The van der Waals surface area contributed by atoms with Crippen molar-refractivity contribution in [3.8, 4) is 17.2 Å². The van der Waals surface area contributed by atoms with Gasteiger partial charge in [-0.25, -0.2) is 4.79 Å². The van der Waals surface area contributed by atoms with Crippen molar-refractivity contribution in [3.05, 3.63) is 52.6 Å². The van der Waals surface area contributed by atoms with Crippen LogP contribution in [0.5, 0.6) is 17.2 Å². The summed E-state index contributed by atoms with van der Waals surface area (Å²) in [6.07, 6.45) is 2.50. The maximum absolute atomic E-state index is 12.2. The third-order valence-corrected chi connectivity index (χ3v) is 5.02. The maximum Gasteiger partial charge on any atom is 0.315 e. The molecule has 0 atom stereocenters. The summed E-state index contributed by atoms with van der Waals surface area (Å²) in [5.74, 6) is 2.69. The highest BCUT2D eigenvalue weighted by Crippen LogP contribution is 2.40. The standard InChI is InChI=1S/C21H24N2O4/c1-25-16-4-2-3-14(11-16)5-8-22-21(24)23-13-18-17-7-10-26-19(17)12-15-6-9-27-20(15)18/h2-4,11-12H,5-10,13H2,1H3,(H2,22,23,24). The van der Waals surface area contributed by atoms with Crippen molar-refractivity contribution in [1.82, 2.24) is 10.6 Å². The molecule has 0 aromatic heterocycles. The van der Waals surface area contributed by atoms with Crippen LogP contribution in [-0.4, -0.2) is 32.9 Å². The van der Waals surface area contributed by atoms with Gasteiger partial charge in [0.1, 0.15) is 17.2 Å². The van der Waals surface area contributed by atoms with Crippen molar-refractivity contribution in [2.45, 2.75) is 25.8 Å². The van der Waals surface area contributed by atoms with E-state index in [2.05, 4.69) is 16.7 Å². The Kier molecular flexibility index (Phi) is 5.05. The molecule has 0 unspecified atom stereocenters. The number of nitrogens with one attached hydrogen (secondary N) is 2. The molecule has 0 bridgehead atoms. The van der Waals surface area contributed by atoms with Crippen LogP contribution in [-0.2, 0) is 25.8 Å². The molecule has 6 nitrogen and oxygen atoms in total. The molecule has 0 fully saturated rings. The van der Waals surface area contributed by atoms with E-state index >= 15 is 0 Å². The Morgan fingerprint density at radius 2 is 2.04 bits per heavy atom. The van der Waals surface area contributed by atoms with Crippen LogP contribution in [0.15, 0.2) is 30.3 Å². The van der Waals surface area contributed by atoms with E-state index in [1.54, 1.807) is 7.11 Å². The van der Waals surface area contributed by atoms with E-state index in [9.17, 15) is 4.79 Å². The Balaban J connectivity index is 1.32. The number of ether oxygens (including phenoxy) is 3. The van der Waals surface area contributed by atoms with Crippen molar-refractivity contribution in [1.29, 1.82) is 0 Å². The van der Waals surface area contributed by atoms with Gasteiger partial charge in [0.25, 0.3) is 0 Å². The highest BCUT2D eigenvalue weighted by atomic mass is 16.5. The number of urea groups is 1. The van der Waals surface area contributed by atoms with Crippen LogP contribution < -0.4 is 24.8 Å². The molecule has 4 rings (SSSR count). The molecule has 27 heavy (non-hydrogen) atoms. The fourth-order valence-electron chi connectivity index (χ4n) is 3.65. The number of methoxy groups -OCH3 is 1. The predicted octanol–water partition coefficient (Wildman–Crippen LogP) is 2.61. The average molecular weight is 368 g/mol. The summed E-state index contributed by atoms with van der Waals surface area (Å²) >= 11 is 0. The molecule has 2 heterocycles. The van der Waals surface area contributed by atoms with Gasteiger partial charge in [-0.2, -0.15) is 0 Å². The summed E-state index contributed by atoms with van der Waals surface area (Å²) < 4.78 is 16.7. The third kappa shape index (κ3) is 3.79. The van der Waals surface area contributed by atoms with E-state index < -0.39 is 0 Å². The number of benzene rings is 2. The molecule has 2 amide bonds. The number of carbonyl (C=O) groups excluding carboxylic acids is 1. The highest BCUT2D eigenvalue weighted by molar-refractivity contribution is 5.74. The second kappa shape index (κ2) is 7.78. The number of fused-ring (bicyclic) bond motifs is 2. The Morgan fingerprint density at radius 1 is 1.15 bits per heavy atom. The van der Waals surface area contributed by atoms with Crippen LogP contribution in [0.3, 0.4) is 0 Å². The van der Waals surface area contributed by atoms with Gasteiger partial charge in [0.15, 0.2) is 0 Å². The molecule has 2 aromatic carbocycles.